The number of ether oxygens (including phenoxy) is 1. The molecule has 0 unspecified atom stereocenters. The Kier molecular flexibility index (Phi) is 4.19. The second-order valence-electron chi connectivity index (χ2n) is 4.39. The highest BCUT2D eigenvalue weighted by Crippen LogP contribution is 2.12. The van der Waals surface area contributed by atoms with Crippen molar-refractivity contribution >= 4 is 5.97 Å². The molecule has 7 heteroatoms. The van der Waals surface area contributed by atoms with Crippen LogP contribution in [0.2, 0.25) is 0 Å². The van der Waals surface area contributed by atoms with Crippen molar-refractivity contribution in [2.24, 2.45) is 5.73 Å². The summed E-state index contributed by atoms with van der Waals surface area (Å²) in [5.74, 6) is -0.546. The molecule has 17 heavy (non-hydrogen) atoms. The fourth-order valence-electron chi connectivity index (χ4n) is 1.47. The number of nitrogens with zero attached hydrogens (tertiary/aromatic N) is 3. The zero-order valence-electron chi connectivity index (χ0n) is 10.3. The smallest absolute Gasteiger partial charge is 0.360 e. The maximum Gasteiger partial charge on any atom is 0.360 e. The minimum Gasteiger partial charge on any atom is -0.464 e. The van der Waals surface area contributed by atoms with Crippen LogP contribution in [0.15, 0.2) is 0 Å². The standard InChI is InChI=1S/C10H18N4O3/c1-10(2,16)6-14-7(4-5-11)8(12-13-14)9(15)17-3/h16H,4-6,11H2,1-3H3. The van der Waals surface area contributed by atoms with Gasteiger partial charge in [-0.05, 0) is 20.4 Å². The Morgan fingerprint density at radius 3 is 2.71 bits per heavy atom. The number of rotatable bonds is 5. The second-order valence-corrected chi connectivity index (χ2v) is 4.39. The average molecular weight is 242 g/mol. The summed E-state index contributed by atoms with van der Waals surface area (Å²) in [5.41, 5.74) is 5.28. The van der Waals surface area contributed by atoms with Crippen LogP contribution in [0.4, 0.5) is 0 Å². The molecule has 3 N–H and O–H groups in total. The molecular weight excluding hydrogens is 224 g/mol. The number of methoxy groups -OCH3 is 1. The van der Waals surface area contributed by atoms with Crippen molar-refractivity contribution in [3.05, 3.63) is 11.4 Å². The summed E-state index contributed by atoms with van der Waals surface area (Å²) in [4.78, 5) is 11.4. The van der Waals surface area contributed by atoms with E-state index in [2.05, 4.69) is 15.0 Å². The topological polar surface area (TPSA) is 103 Å². The summed E-state index contributed by atoms with van der Waals surface area (Å²) >= 11 is 0. The highest BCUT2D eigenvalue weighted by atomic mass is 16.5. The van der Waals surface area contributed by atoms with Gasteiger partial charge in [0.05, 0.1) is 24.9 Å². The summed E-state index contributed by atoms with van der Waals surface area (Å²) in [6.07, 6.45) is 0.452. The Bertz CT molecular complexity index is 395. The molecule has 0 fully saturated rings. The van der Waals surface area contributed by atoms with Crippen molar-refractivity contribution in [3.63, 3.8) is 0 Å². The van der Waals surface area contributed by atoms with Gasteiger partial charge in [0.25, 0.3) is 0 Å². The summed E-state index contributed by atoms with van der Waals surface area (Å²) in [6, 6.07) is 0. The lowest BCUT2D eigenvalue weighted by Crippen LogP contribution is -2.28. The molecule has 1 heterocycles. The Balaban J connectivity index is 3.06. The van der Waals surface area contributed by atoms with E-state index in [0.29, 0.717) is 18.7 Å². The van der Waals surface area contributed by atoms with Crippen LogP contribution in [0.1, 0.15) is 30.0 Å². The normalized spacial score (nSPS) is 11.6. The van der Waals surface area contributed by atoms with Crippen molar-refractivity contribution in [2.75, 3.05) is 13.7 Å². The fraction of sp³-hybridized carbons (Fsp3) is 0.700. The van der Waals surface area contributed by atoms with E-state index >= 15 is 0 Å². The van der Waals surface area contributed by atoms with Gasteiger partial charge in [0.15, 0.2) is 5.69 Å². The predicted octanol–water partition coefficient (Wildman–Crippen LogP) is -0.663. The summed E-state index contributed by atoms with van der Waals surface area (Å²) in [5, 5.41) is 17.3. The molecule has 0 aliphatic rings. The van der Waals surface area contributed by atoms with Crippen molar-refractivity contribution < 1.29 is 14.6 Å². The van der Waals surface area contributed by atoms with Crippen LogP contribution in [0.5, 0.6) is 0 Å². The van der Waals surface area contributed by atoms with Crippen LogP contribution in [-0.4, -0.2) is 45.3 Å². The van der Waals surface area contributed by atoms with Gasteiger partial charge in [-0.2, -0.15) is 0 Å². The Hall–Kier alpha value is -1.47. The molecule has 0 saturated carbocycles. The van der Waals surface area contributed by atoms with Gasteiger partial charge in [0.1, 0.15) is 0 Å². The van der Waals surface area contributed by atoms with E-state index in [-0.39, 0.29) is 12.2 Å². The first-order chi connectivity index (χ1) is 7.89. The lowest BCUT2D eigenvalue weighted by atomic mass is 10.1. The molecule has 0 saturated heterocycles. The first-order valence-corrected chi connectivity index (χ1v) is 5.32. The number of aliphatic hydroxyl groups is 1. The van der Waals surface area contributed by atoms with Crippen LogP contribution < -0.4 is 5.73 Å². The van der Waals surface area contributed by atoms with Gasteiger partial charge in [-0.3, -0.25) is 0 Å². The Morgan fingerprint density at radius 1 is 1.59 bits per heavy atom. The van der Waals surface area contributed by atoms with E-state index in [1.165, 1.54) is 11.8 Å². The zero-order chi connectivity index (χ0) is 13.1. The number of esters is 1. The van der Waals surface area contributed by atoms with Gasteiger partial charge in [-0.1, -0.05) is 5.21 Å². The average Bonchev–Trinajstić information content (AvgIpc) is 2.59. The van der Waals surface area contributed by atoms with E-state index < -0.39 is 11.6 Å². The number of carbonyl (C=O) groups excluding carboxylic acids is 1. The van der Waals surface area contributed by atoms with Gasteiger partial charge in [0.2, 0.25) is 0 Å². The third kappa shape index (κ3) is 3.50. The van der Waals surface area contributed by atoms with Gasteiger partial charge in [-0.15, -0.1) is 5.10 Å². The number of hydrogen-bond acceptors (Lipinski definition) is 6. The van der Waals surface area contributed by atoms with Gasteiger partial charge >= 0.3 is 5.97 Å². The summed E-state index contributed by atoms with van der Waals surface area (Å²) < 4.78 is 6.09. The third-order valence-electron chi connectivity index (χ3n) is 2.13. The molecule has 0 spiro atoms. The maximum atomic E-state index is 11.4. The largest absolute Gasteiger partial charge is 0.464 e. The molecular formula is C10H18N4O3. The molecule has 0 bridgehead atoms. The van der Waals surface area contributed by atoms with Crippen LogP contribution in [0.3, 0.4) is 0 Å². The molecule has 0 radical (unpaired) electrons. The number of nitrogens with two attached hydrogens (primary N) is 1. The van der Waals surface area contributed by atoms with E-state index in [4.69, 9.17) is 5.73 Å². The minimum atomic E-state index is -0.940. The van der Waals surface area contributed by atoms with Crippen LogP contribution >= 0.6 is 0 Å². The SMILES string of the molecule is COC(=O)c1nnn(CC(C)(C)O)c1CCN. The molecule has 0 aliphatic carbocycles. The summed E-state index contributed by atoms with van der Waals surface area (Å²) in [6.45, 7) is 3.91. The lowest BCUT2D eigenvalue weighted by Gasteiger charge is -2.18. The molecule has 1 rings (SSSR count). The van der Waals surface area contributed by atoms with E-state index in [1.807, 2.05) is 0 Å². The molecule has 96 valence electrons. The molecule has 1 aromatic rings. The van der Waals surface area contributed by atoms with Gasteiger partial charge in [-0.25, -0.2) is 9.48 Å². The number of hydrogen-bond donors (Lipinski definition) is 2. The maximum absolute atomic E-state index is 11.4. The Morgan fingerprint density at radius 2 is 2.24 bits per heavy atom. The predicted molar refractivity (Wildman–Crippen MR) is 60.4 cm³/mol. The van der Waals surface area contributed by atoms with Crippen LogP contribution in [0.25, 0.3) is 0 Å². The first kappa shape index (κ1) is 13.6. The second kappa shape index (κ2) is 5.24. The highest BCUT2D eigenvalue weighted by Gasteiger charge is 2.23. The van der Waals surface area contributed by atoms with E-state index in [0.717, 1.165) is 0 Å². The monoisotopic (exact) mass is 242 g/mol. The van der Waals surface area contributed by atoms with Gasteiger partial charge in [0, 0.05) is 6.42 Å². The van der Waals surface area contributed by atoms with Crippen molar-refractivity contribution in [2.45, 2.75) is 32.4 Å². The third-order valence-corrected chi connectivity index (χ3v) is 2.13. The molecule has 0 amide bonds. The van der Waals surface area contributed by atoms with Crippen LogP contribution in [-0.2, 0) is 17.7 Å². The number of carbonyl (C=O) groups is 1. The first-order valence-electron chi connectivity index (χ1n) is 5.32. The fourth-order valence-corrected chi connectivity index (χ4v) is 1.47. The van der Waals surface area contributed by atoms with Crippen molar-refractivity contribution in [1.82, 2.24) is 15.0 Å². The molecule has 1 aromatic heterocycles. The molecule has 0 aliphatic heterocycles. The molecule has 0 atom stereocenters. The molecule has 7 nitrogen and oxygen atoms in total. The lowest BCUT2D eigenvalue weighted by molar-refractivity contribution is 0.0552. The molecule has 0 aromatic carbocycles. The van der Waals surface area contributed by atoms with Crippen LogP contribution in [0, 0.1) is 0 Å². The van der Waals surface area contributed by atoms with Crippen molar-refractivity contribution in [3.8, 4) is 0 Å². The zero-order valence-corrected chi connectivity index (χ0v) is 10.3. The summed E-state index contributed by atoms with van der Waals surface area (Å²) in [7, 11) is 1.28. The van der Waals surface area contributed by atoms with E-state index in [1.54, 1.807) is 13.8 Å². The van der Waals surface area contributed by atoms with E-state index in [9.17, 15) is 9.90 Å². The number of aromatic nitrogens is 3. The van der Waals surface area contributed by atoms with Gasteiger partial charge < -0.3 is 15.6 Å². The highest BCUT2D eigenvalue weighted by molar-refractivity contribution is 5.88. The Labute approximate surface area is 99.6 Å². The van der Waals surface area contributed by atoms with Crippen molar-refractivity contribution in [1.29, 1.82) is 0 Å². The quantitative estimate of drug-likeness (QED) is 0.664. The minimum absolute atomic E-state index is 0.155.